The van der Waals surface area contributed by atoms with Gasteiger partial charge in [-0.25, -0.2) is 0 Å². The molecular formula is C13H23NO4. The summed E-state index contributed by atoms with van der Waals surface area (Å²) < 4.78 is 16.0. The maximum absolute atomic E-state index is 11.4. The molecule has 2 aliphatic rings. The zero-order valence-electron chi connectivity index (χ0n) is 11.1. The molecule has 104 valence electrons. The highest BCUT2D eigenvalue weighted by molar-refractivity contribution is 5.71. The molecule has 0 aromatic heterocycles. The summed E-state index contributed by atoms with van der Waals surface area (Å²) in [6, 6.07) is 0. The van der Waals surface area contributed by atoms with Crippen LogP contribution < -0.4 is 0 Å². The molecule has 0 N–H and O–H groups in total. The summed E-state index contributed by atoms with van der Waals surface area (Å²) in [6.07, 6.45) is 4.94. The van der Waals surface area contributed by atoms with Gasteiger partial charge >= 0.3 is 5.97 Å². The third kappa shape index (κ3) is 4.23. The van der Waals surface area contributed by atoms with E-state index in [9.17, 15) is 4.79 Å². The molecule has 2 rings (SSSR count). The quantitative estimate of drug-likeness (QED) is 0.659. The Bertz CT molecular complexity index is 242. The highest BCUT2D eigenvalue weighted by Crippen LogP contribution is 2.17. The van der Waals surface area contributed by atoms with E-state index in [0.717, 1.165) is 52.0 Å². The van der Waals surface area contributed by atoms with Crippen LogP contribution in [0, 0.1) is 0 Å². The Morgan fingerprint density at radius 2 is 1.72 bits per heavy atom. The van der Waals surface area contributed by atoms with Crippen LogP contribution in [0.5, 0.6) is 0 Å². The molecule has 2 fully saturated rings. The van der Waals surface area contributed by atoms with E-state index in [1.54, 1.807) is 0 Å². The van der Waals surface area contributed by atoms with Crippen molar-refractivity contribution in [3.05, 3.63) is 0 Å². The fraction of sp³-hybridized carbons (Fsp3) is 0.923. The molecule has 5 nitrogen and oxygen atoms in total. The number of carbonyl (C=O) groups is 1. The molecule has 18 heavy (non-hydrogen) atoms. The molecule has 0 bridgehead atoms. The van der Waals surface area contributed by atoms with Gasteiger partial charge in [0.1, 0.15) is 0 Å². The third-order valence-corrected chi connectivity index (χ3v) is 3.55. The zero-order valence-corrected chi connectivity index (χ0v) is 11.1. The van der Waals surface area contributed by atoms with Gasteiger partial charge in [-0.1, -0.05) is 0 Å². The van der Waals surface area contributed by atoms with Crippen LogP contribution in [0.1, 0.15) is 25.7 Å². The van der Waals surface area contributed by atoms with Gasteiger partial charge in [0, 0.05) is 26.3 Å². The summed E-state index contributed by atoms with van der Waals surface area (Å²) in [5.41, 5.74) is 0. The van der Waals surface area contributed by atoms with Crippen LogP contribution in [-0.4, -0.2) is 63.0 Å². The van der Waals surface area contributed by atoms with Crippen molar-refractivity contribution in [2.75, 3.05) is 40.0 Å². The van der Waals surface area contributed by atoms with Crippen molar-refractivity contribution in [1.82, 2.24) is 4.90 Å². The lowest BCUT2D eigenvalue weighted by molar-refractivity contribution is -0.142. The molecule has 2 heterocycles. The van der Waals surface area contributed by atoms with Gasteiger partial charge in [0.05, 0.1) is 25.9 Å². The molecule has 0 amide bonds. The van der Waals surface area contributed by atoms with Crippen molar-refractivity contribution in [2.24, 2.45) is 0 Å². The molecule has 0 aromatic carbocycles. The molecule has 2 saturated heterocycles. The van der Waals surface area contributed by atoms with Crippen LogP contribution in [0.15, 0.2) is 0 Å². The van der Waals surface area contributed by atoms with E-state index in [1.165, 1.54) is 7.11 Å². The zero-order chi connectivity index (χ0) is 12.8. The summed E-state index contributed by atoms with van der Waals surface area (Å²) in [5, 5.41) is 0. The molecule has 0 radical (unpaired) electrons. The van der Waals surface area contributed by atoms with E-state index in [4.69, 9.17) is 14.2 Å². The number of nitrogens with zero attached hydrogens (tertiary/aromatic N) is 1. The second-order valence-electron chi connectivity index (χ2n) is 5.04. The van der Waals surface area contributed by atoms with Crippen molar-refractivity contribution < 1.29 is 19.0 Å². The van der Waals surface area contributed by atoms with Crippen LogP contribution in [0.25, 0.3) is 0 Å². The van der Waals surface area contributed by atoms with Crippen molar-refractivity contribution >= 4 is 5.97 Å². The van der Waals surface area contributed by atoms with Crippen molar-refractivity contribution in [3.8, 4) is 0 Å². The second-order valence-corrected chi connectivity index (χ2v) is 5.04. The third-order valence-electron chi connectivity index (χ3n) is 3.55. The van der Waals surface area contributed by atoms with E-state index in [1.807, 2.05) is 0 Å². The molecule has 0 aromatic rings. The fourth-order valence-electron chi connectivity index (χ4n) is 2.60. The minimum atomic E-state index is -0.189. The maximum atomic E-state index is 11.4. The van der Waals surface area contributed by atoms with Gasteiger partial charge in [0.15, 0.2) is 0 Å². The van der Waals surface area contributed by atoms with Crippen molar-refractivity contribution in [2.45, 2.75) is 37.9 Å². The van der Waals surface area contributed by atoms with E-state index in [-0.39, 0.29) is 18.2 Å². The molecule has 5 heteroatoms. The number of methoxy groups -OCH3 is 1. The Morgan fingerprint density at radius 1 is 1.17 bits per heavy atom. The lowest BCUT2D eigenvalue weighted by Crippen LogP contribution is -2.41. The predicted octanol–water partition coefficient (Wildman–Crippen LogP) is 0.819. The van der Waals surface area contributed by atoms with E-state index < -0.39 is 0 Å². The Labute approximate surface area is 108 Å². The van der Waals surface area contributed by atoms with Gasteiger partial charge in [0.2, 0.25) is 0 Å². The number of rotatable bonds is 6. The summed E-state index contributed by atoms with van der Waals surface area (Å²) in [5.74, 6) is -0.189. The first-order valence-corrected chi connectivity index (χ1v) is 6.80. The summed E-state index contributed by atoms with van der Waals surface area (Å²) >= 11 is 0. The lowest BCUT2D eigenvalue weighted by atomic mass is 10.2. The number of hydrogen-bond acceptors (Lipinski definition) is 5. The van der Waals surface area contributed by atoms with Crippen LogP contribution in [0.4, 0.5) is 0 Å². The Balaban J connectivity index is 1.81. The topological polar surface area (TPSA) is 48.0 Å². The van der Waals surface area contributed by atoms with Crippen molar-refractivity contribution in [3.63, 3.8) is 0 Å². The van der Waals surface area contributed by atoms with Crippen LogP contribution in [0.2, 0.25) is 0 Å². The molecule has 0 spiro atoms. The smallest absolute Gasteiger partial charge is 0.319 e. The first-order valence-electron chi connectivity index (χ1n) is 6.80. The highest BCUT2D eigenvalue weighted by atomic mass is 16.5. The second kappa shape index (κ2) is 7.07. The van der Waals surface area contributed by atoms with Crippen LogP contribution in [0.3, 0.4) is 0 Å². The summed E-state index contributed by atoms with van der Waals surface area (Å²) in [6.45, 7) is 3.62. The Hall–Kier alpha value is -0.650. The Morgan fingerprint density at radius 3 is 2.11 bits per heavy atom. The van der Waals surface area contributed by atoms with E-state index >= 15 is 0 Å². The molecule has 2 atom stereocenters. The lowest BCUT2D eigenvalue weighted by Gasteiger charge is -2.26. The number of carbonyl (C=O) groups excluding carboxylic acids is 1. The molecule has 0 unspecified atom stereocenters. The number of ether oxygens (including phenoxy) is 3. The van der Waals surface area contributed by atoms with Gasteiger partial charge < -0.3 is 14.2 Å². The first kappa shape index (κ1) is 13.8. The van der Waals surface area contributed by atoms with Crippen LogP contribution >= 0.6 is 0 Å². The number of esters is 1. The van der Waals surface area contributed by atoms with Gasteiger partial charge in [-0.05, 0) is 25.7 Å². The van der Waals surface area contributed by atoms with E-state index in [0.29, 0.717) is 6.54 Å². The highest BCUT2D eigenvalue weighted by Gasteiger charge is 2.25. The minimum absolute atomic E-state index is 0.189. The largest absolute Gasteiger partial charge is 0.468 e. The average molecular weight is 257 g/mol. The molecular weight excluding hydrogens is 234 g/mol. The maximum Gasteiger partial charge on any atom is 0.319 e. The van der Waals surface area contributed by atoms with Crippen molar-refractivity contribution in [1.29, 1.82) is 0 Å². The van der Waals surface area contributed by atoms with Crippen LogP contribution in [-0.2, 0) is 19.0 Å². The monoisotopic (exact) mass is 257 g/mol. The standard InChI is InChI=1S/C13H23NO4/c1-16-13(15)10-14(8-11-4-2-6-17-11)9-12-5-3-7-18-12/h11-12H,2-10H2,1H3/t11-,12+. The first-order chi connectivity index (χ1) is 8.78. The normalized spacial score (nSPS) is 27.9. The SMILES string of the molecule is COC(=O)CN(C[C@H]1CCCO1)C[C@@H]1CCCO1. The number of hydrogen-bond donors (Lipinski definition) is 0. The van der Waals surface area contributed by atoms with Gasteiger partial charge in [-0.3, -0.25) is 9.69 Å². The minimum Gasteiger partial charge on any atom is -0.468 e. The summed E-state index contributed by atoms with van der Waals surface area (Å²) in [7, 11) is 1.43. The molecule has 0 aliphatic carbocycles. The average Bonchev–Trinajstić information content (AvgIpc) is 3.02. The molecule has 0 saturated carbocycles. The summed E-state index contributed by atoms with van der Waals surface area (Å²) in [4.78, 5) is 13.5. The predicted molar refractivity (Wildman–Crippen MR) is 66.4 cm³/mol. The molecule has 2 aliphatic heterocycles. The van der Waals surface area contributed by atoms with E-state index in [2.05, 4.69) is 4.90 Å². The van der Waals surface area contributed by atoms with Gasteiger partial charge in [-0.2, -0.15) is 0 Å². The Kier molecular flexibility index (Phi) is 5.41. The fourth-order valence-corrected chi connectivity index (χ4v) is 2.60. The van der Waals surface area contributed by atoms with Gasteiger partial charge in [-0.15, -0.1) is 0 Å². The van der Waals surface area contributed by atoms with Gasteiger partial charge in [0.25, 0.3) is 0 Å².